The van der Waals surface area contributed by atoms with Crippen LogP contribution < -0.4 is 11.3 Å². The number of hydrazine groups is 1. The van der Waals surface area contributed by atoms with Crippen molar-refractivity contribution in [1.82, 2.24) is 5.43 Å². The minimum Gasteiger partial charge on any atom is -0.459 e. The molecule has 102 valence electrons. The number of benzene rings is 2. The maximum absolute atomic E-state index is 6.00. The molecule has 5 heteroatoms. The Labute approximate surface area is 135 Å². The molecular formula is C15H12ClIN2O. The summed E-state index contributed by atoms with van der Waals surface area (Å²) in [6, 6.07) is 15.4. The number of hydrogen-bond donors (Lipinski definition) is 2. The first-order valence-electron chi connectivity index (χ1n) is 6.08. The maximum atomic E-state index is 6.00. The zero-order valence-corrected chi connectivity index (χ0v) is 13.4. The van der Waals surface area contributed by atoms with E-state index in [1.54, 1.807) is 0 Å². The Morgan fingerprint density at radius 2 is 1.95 bits per heavy atom. The molecule has 0 radical (unpaired) electrons. The number of nitrogens with one attached hydrogen (secondary N) is 1. The molecule has 0 aliphatic rings. The lowest BCUT2D eigenvalue weighted by Crippen LogP contribution is -2.29. The summed E-state index contributed by atoms with van der Waals surface area (Å²) in [5.74, 6) is 6.49. The first-order valence-corrected chi connectivity index (χ1v) is 7.54. The van der Waals surface area contributed by atoms with Gasteiger partial charge in [0, 0.05) is 14.0 Å². The Balaban J connectivity index is 2.10. The van der Waals surface area contributed by atoms with Gasteiger partial charge in [-0.1, -0.05) is 29.8 Å². The Hall–Kier alpha value is -1.08. The van der Waals surface area contributed by atoms with Gasteiger partial charge in [-0.25, -0.2) is 5.43 Å². The first kappa shape index (κ1) is 13.9. The average Bonchev–Trinajstić information content (AvgIpc) is 2.84. The van der Waals surface area contributed by atoms with Gasteiger partial charge in [0.25, 0.3) is 0 Å². The van der Waals surface area contributed by atoms with Crippen molar-refractivity contribution in [3.8, 4) is 0 Å². The molecular weight excluding hydrogens is 387 g/mol. The van der Waals surface area contributed by atoms with Crippen LogP contribution >= 0.6 is 34.2 Å². The summed E-state index contributed by atoms with van der Waals surface area (Å²) in [6.07, 6.45) is 0. The fraction of sp³-hybridized carbons (Fsp3) is 0.0667. The van der Waals surface area contributed by atoms with Crippen LogP contribution in [0.4, 0.5) is 0 Å². The fourth-order valence-corrected chi connectivity index (χ4v) is 3.09. The van der Waals surface area contributed by atoms with Crippen LogP contribution in [0.25, 0.3) is 11.0 Å². The third kappa shape index (κ3) is 2.56. The number of halogens is 2. The van der Waals surface area contributed by atoms with Gasteiger partial charge in [-0.15, -0.1) is 0 Å². The first-order chi connectivity index (χ1) is 9.69. The lowest BCUT2D eigenvalue weighted by atomic mass is 10.1. The average molecular weight is 399 g/mol. The molecule has 1 aromatic heterocycles. The normalized spacial score (nSPS) is 12.8. The van der Waals surface area contributed by atoms with Crippen molar-refractivity contribution in [1.29, 1.82) is 0 Å². The van der Waals surface area contributed by atoms with Crippen LogP contribution in [0.3, 0.4) is 0 Å². The van der Waals surface area contributed by atoms with E-state index in [1.165, 1.54) is 0 Å². The minimum atomic E-state index is -0.186. The van der Waals surface area contributed by atoms with Gasteiger partial charge in [0.2, 0.25) is 0 Å². The Morgan fingerprint density at radius 1 is 1.15 bits per heavy atom. The second-order valence-corrected chi connectivity index (χ2v) is 6.05. The zero-order chi connectivity index (χ0) is 14.1. The molecule has 20 heavy (non-hydrogen) atoms. The van der Waals surface area contributed by atoms with Crippen molar-refractivity contribution in [2.24, 2.45) is 5.84 Å². The van der Waals surface area contributed by atoms with E-state index < -0.39 is 0 Å². The second kappa shape index (κ2) is 5.73. The topological polar surface area (TPSA) is 51.2 Å². The van der Waals surface area contributed by atoms with Crippen LogP contribution in [-0.2, 0) is 0 Å². The third-order valence-corrected chi connectivity index (χ3v) is 4.38. The molecule has 0 amide bonds. The Kier molecular flexibility index (Phi) is 3.98. The standard InChI is InChI=1S/C15H12ClIN2O/c16-10-5-6-13-9(7-10)8-14(20-13)15(19-18)11-3-1-2-4-12(11)17/h1-8,15,19H,18H2. The van der Waals surface area contributed by atoms with Crippen LogP contribution in [-0.4, -0.2) is 0 Å². The second-order valence-electron chi connectivity index (χ2n) is 4.45. The lowest BCUT2D eigenvalue weighted by Gasteiger charge is -2.15. The zero-order valence-electron chi connectivity index (χ0n) is 10.4. The Bertz CT molecular complexity index is 756. The molecule has 1 heterocycles. The molecule has 0 fully saturated rings. The molecule has 0 saturated carbocycles. The van der Waals surface area contributed by atoms with E-state index in [0.29, 0.717) is 5.02 Å². The number of nitrogens with two attached hydrogens (primary N) is 1. The van der Waals surface area contributed by atoms with Gasteiger partial charge in [-0.05, 0) is 58.5 Å². The quantitative estimate of drug-likeness (QED) is 0.394. The fourth-order valence-electron chi connectivity index (χ4n) is 2.21. The van der Waals surface area contributed by atoms with E-state index >= 15 is 0 Å². The van der Waals surface area contributed by atoms with Gasteiger partial charge in [0.1, 0.15) is 17.4 Å². The molecule has 0 saturated heterocycles. The SMILES string of the molecule is NNC(c1cc2cc(Cl)ccc2o1)c1ccccc1I. The van der Waals surface area contributed by atoms with Crippen LogP contribution in [0, 0.1) is 3.57 Å². The summed E-state index contributed by atoms with van der Waals surface area (Å²) in [5.41, 5.74) is 4.71. The minimum absolute atomic E-state index is 0.186. The highest BCUT2D eigenvalue weighted by Crippen LogP contribution is 2.31. The van der Waals surface area contributed by atoms with E-state index in [9.17, 15) is 0 Å². The van der Waals surface area contributed by atoms with Gasteiger partial charge < -0.3 is 4.42 Å². The summed E-state index contributed by atoms with van der Waals surface area (Å²) in [6.45, 7) is 0. The van der Waals surface area contributed by atoms with Crippen molar-refractivity contribution in [2.45, 2.75) is 6.04 Å². The number of rotatable bonds is 3. The largest absolute Gasteiger partial charge is 0.459 e. The maximum Gasteiger partial charge on any atom is 0.134 e. The van der Waals surface area contributed by atoms with Crippen molar-refractivity contribution >= 4 is 45.2 Å². The van der Waals surface area contributed by atoms with Crippen LogP contribution in [0.2, 0.25) is 5.02 Å². The molecule has 3 rings (SSSR count). The Morgan fingerprint density at radius 3 is 2.70 bits per heavy atom. The molecule has 0 spiro atoms. The molecule has 0 bridgehead atoms. The van der Waals surface area contributed by atoms with Crippen LogP contribution in [0.1, 0.15) is 17.4 Å². The van der Waals surface area contributed by atoms with Gasteiger partial charge in [0.15, 0.2) is 0 Å². The summed E-state index contributed by atoms with van der Waals surface area (Å²) < 4.78 is 7.01. The molecule has 0 aliphatic heterocycles. The number of fused-ring (bicyclic) bond motifs is 1. The monoisotopic (exact) mass is 398 g/mol. The van der Waals surface area contributed by atoms with E-state index in [1.807, 2.05) is 48.5 Å². The van der Waals surface area contributed by atoms with Gasteiger partial charge >= 0.3 is 0 Å². The van der Waals surface area contributed by atoms with Crippen molar-refractivity contribution in [3.63, 3.8) is 0 Å². The highest BCUT2D eigenvalue weighted by Gasteiger charge is 2.19. The summed E-state index contributed by atoms with van der Waals surface area (Å²) in [5, 5.41) is 1.66. The van der Waals surface area contributed by atoms with Crippen molar-refractivity contribution in [2.75, 3.05) is 0 Å². The third-order valence-electron chi connectivity index (χ3n) is 3.16. The molecule has 1 atom stereocenters. The van der Waals surface area contributed by atoms with E-state index in [2.05, 4.69) is 28.0 Å². The van der Waals surface area contributed by atoms with Crippen LogP contribution in [0.15, 0.2) is 52.9 Å². The van der Waals surface area contributed by atoms with Crippen LogP contribution in [0.5, 0.6) is 0 Å². The highest BCUT2D eigenvalue weighted by atomic mass is 127. The van der Waals surface area contributed by atoms with Gasteiger partial charge in [-0.3, -0.25) is 5.84 Å². The lowest BCUT2D eigenvalue weighted by molar-refractivity contribution is 0.476. The molecule has 3 nitrogen and oxygen atoms in total. The van der Waals surface area contributed by atoms with Crippen molar-refractivity contribution < 1.29 is 4.42 Å². The summed E-state index contributed by atoms with van der Waals surface area (Å²) in [7, 11) is 0. The summed E-state index contributed by atoms with van der Waals surface area (Å²) >= 11 is 8.29. The number of furan rings is 1. The predicted octanol–water partition coefficient (Wildman–Crippen LogP) is 4.24. The predicted molar refractivity (Wildman–Crippen MR) is 89.5 cm³/mol. The van der Waals surface area contributed by atoms with E-state index in [-0.39, 0.29) is 6.04 Å². The van der Waals surface area contributed by atoms with E-state index in [0.717, 1.165) is 25.9 Å². The smallest absolute Gasteiger partial charge is 0.134 e. The highest BCUT2D eigenvalue weighted by molar-refractivity contribution is 14.1. The number of hydrogen-bond acceptors (Lipinski definition) is 3. The van der Waals surface area contributed by atoms with E-state index in [4.69, 9.17) is 21.9 Å². The molecule has 0 aliphatic carbocycles. The molecule has 2 aromatic carbocycles. The molecule has 1 unspecified atom stereocenters. The van der Waals surface area contributed by atoms with Gasteiger partial charge in [0.05, 0.1) is 0 Å². The molecule has 3 aromatic rings. The summed E-state index contributed by atoms with van der Waals surface area (Å²) in [4.78, 5) is 0. The van der Waals surface area contributed by atoms with Crippen molar-refractivity contribution in [3.05, 3.63) is 68.4 Å². The van der Waals surface area contributed by atoms with Gasteiger partial charge in [-0.2, -0.15) is 0 Å². The molecule has 3 N–H and O–H groups in total.